The van der Waals surface area contributed by atoms with Crippen LogP contribution in [0.1, 0.15) is 17.0 Å². The van der Waals surface area contributed by atoms with E-state index >= 15 is 0 Å². The molecule has 0 radical (unpaired) electrons. The largest absolute Gasteiger partial charge is 0.485 e. The fraction of sp³-hybridized carbons (Fsp3) is 0.333. The molecule has 108 valence electrons. The lowest BCUT2D eigenvalue weighted by molar-refractivity contribution is 0.287. The highest BCUT2D eigenvalue weighted by atomic mass is 35.7. The van der Waals surface area contributed by atoms with Gasteiger partial charge in [0.1, 0.15) is 18.7 Å². The molecule has 0 atom stereocenters. The SMILES string of the molecule is Cc1c(OCc2ncnn2C)ccc(S(=O)(=O)Cl)c1C. The predicted molar refractivity (Wildman–Crippen MR) is 74.3 cm³/mol. The van der Waals surface area contributed by atoms with Crippen LogP contribution in [0, 0.1) is 13.8 Å². The lowest BCUT2D eigenvalue weighted by Gasteiger charge is -2.12. The van der Waals surface area contributed by atoms with Gasteiger partial charge in [-0.3, -0.25) is 4.68 Å². The lowest BCUT2D eigenvalue weighted by Crippen LogP contribution is -2.06. The topological polar surface area (TPSA) is 74.1 Å². The molecule has 1 heterocycles. The van der Waals surface area contributed by atoms with Crippen LogP contribution in [0.3, 0.4) is 0 Å². The number of rotatable bonds is 4. The molecule has 0 bridgehead atoms. The van der Waals surface area contributed by atoms with Gasteiger partial charge in [0.15, 0.2) is 5.82 Å². The molecule has 0 aliphatic rings. The summed E-state index contributed by atoms with van der Waals surface area (Å²) in [6.07, 6.45) is 1.44. The molecule has 20 heavy (non-hydrogen) atoms. The maximum absolute atomic E-state index is 11.4. The fourth-order valence-electron chi connectivity index (χ4n) is 1.78. The van der Waals surface area contributed by atoms with Crippen molar-refractivity contribution in [1.82, 2.24) is 14.8 Å². The smallest absolute Gasteiger partial charge is 0.261 e. The monoisotopic (exact) mass is 315 g/mol. The van der Waals surface area contributed by atoms with E-state index in [9.17, 15) is 8.42 Å². The Morgan fingerprint density at radius 1 is 1.30 bits per heavy atom. The Bertz CT molecular complexity index is 740. The van der Waals surface area contributed by atoms with E-state index in [0.29, 0.717) is 17.1 Å². The summed E-state index contributed by atoms with van der Waals surface area (Å²) < 4.78 is 30.1. The molecule has 0 amide bonds. The van der Waals surface area contributed by atoms with Gasteiger partial charge in [0, 0.05) is 17.7 Å². The van der Waals surface area contributed by atoms with Crippen LogP contribution in [0.4, 0.5) is 0 Å². The van der Waals surface area contributed by atoms with Gasteiger partial charge in [0.25, 0.3) is 9.05 Å². The normalized spacial score (nSPS) is 11.6. The molecule has 2 aromatic rings. The maximum atomic E-state index is 11.4. The Kier molecular flexibility index (Phi) is 4.01. The van der Waals surface area contributed by atoms with Gasteiger partial charge in [-0.25, -0.2) is 13.4 Å². The quantitative estimate of drug-likeness (QED) is 0.806. The molecule has 6 nitrogen and oxygen atoms in total. The Labute approximate surface area is 121 Å². The van der Waals surface area contributed by atoms with Gasteiger partial charge in [-0.15, -0.1) is 0 Å². The molecular weight excluding hydrogens is 302 g/mol. The second kappa shape index (κ2) is 5.41. The summed E-state index contributed by atoms with van der Waals surface area (Å²) in [6.45, 7) is 3.73. The van der Waals surface area contributed by atoms with E-state index in [2.05, 4.69) is 10.1 Å². The van der Waals surface area contributed by atoms with E-state index in [1.165, 1.54) is 12.4 Å². The van der Waals surface area contributed by atoms with Crippen LogP contribution in [0.5, 0.6) is 5.75 Å². The standard InChI is InChI=1S/C12H14ClN3O3S/c1-8-9(2)11(20(13,17)18)5-4-10(8)19-6-12-14-7-15-16(12)3/h4-5,7H,6H2,1-3H3. The minimum Gasteiger partial charge on any atom is -0.485 e. The second-order valence-electron chi connectivity index (χ2n) is 4.34. The summed E-state index contributed by atoms with van der Waals surface area (Å²) in [5.41, 5.74) is 1.31. The van der Waals surface area contributed by atoms with Crippen LogP contribution in [-0.4, -0.2) is 23.2 Å². The number of hydrogen-bond donors (Lipinski definition) is 0. The van der Waals surface area contributed by atoms with E-state index in [4.69, 9.17) is 15.4 Å². The third-order valence-electron chi connectivity index (χ3n) is 3.11. The van der Waals surface area contributed by atoms with Gasteiger partial charge in [-0.2, -0.15) is 5.10 Å². The summed E-state index contributed by atoms with van der Waals surface area (Å²) in [5, 5.41) is 3.94. The van der Waals surface area contributed by atoms with E-state index in [1.54, 1.807) is 31.6 Å². The number of aryl methyl sites for hydroxylation is 1. The van der Waals surface area contributed by atoms with E-state index in [1.807, 2.05) is 0 Å². The van der Waals surface area contributed by atoms with E-state index in [0.717, 1.165) is 5.56 Å². The number of benzene rings is 1. The highest BCUT2D eigenvalue weighted by Crippen LogP contribution is 2.29. The Morgan fingerprint density at radius 3 is 2.55 bits per heavy atom. The molecule has 0 saturated carbocycles. The zero-order chi connectivity index (χ0) is 14.9. The van der Waals surface area contributed by atoms with Crippen molar-refractivity contribution in [3.63, 3.8) is 0 Å². The van der Waals surface area contributed by atoms with Gasteiger partial charge in [0.2, 0.25) is 0 Å². The molecule has 0 aliphatic carbocycles. The highest BCUT2D eigenvalue weighted by molar-refractivity contribution is 8.13. The zero-order valence-corrected chi connectivity index (χ0v) is 12.9. The van der Waals surface area contributed by atoms with Crippen molar-refractivity contribution >= 4 is 19.7 Å². The van der Waals surface area contributed by atoms with Crippen molar-refractivity contribution in [1.29, 1.82) is 0 Å². The summed E-state index contributed by atoms with van der Waals surface area (Å²) in [5.74, 6) is 1.27. The second-order valence-corrected chi connectivity index (χ2v) is 6.87. The summed E-state index contributed by atoms with van der Waals surface area (Å²) in [6, 6.07) is 3.03. The van der Waals surface area contributed by atoms with E-state index in [-0.39, 0.29) is 11.5 Å². The van der Waals surface area contributed by atoms with Gasteiger partial charge < -0.3 is 4.74 Å². The first-order chi connectivity index (χ1) is 9.30. The van der Waals surface area contributed by atoms with Crippen LogP contribution in [0.15, 0.2) is 23.4 Å². The third-order valence-corrected chi connectivity index (χ3v) is 4.58. The number of halogens is 1. The van der Waals surface area contributed by atoms with Crippen molar-refractivity contribution in [2.45, 2.75) is 25.3 Å². The minimum absolute atomic E-state index is 0.0997. The van der Waals surface area contributed by atoms with Crippen LogP contribution in [0.2, 0.25) is 0 Å². The van der Waals surface area contributed by atoms with Gasteiger partial charge in [-0.1, -0.05) is 0 Å². The van der Waals surface area contributed by atoms with Gasteiger partial charge in [0.05, 0.1) is 4.90 Å². The van der Waals surface area contributed by atoms with Crippen molar-refractivity contribution in [2.24, 2.45) is 7.05 Å². The first kappa shape index (κ1) is 14.8. The molecule has 0 fully saturated rings. The van der Waals surface area contributed by atoms with Crippen molar-refractivity contribution in [3.05, 3.63) is 35.4 Å². The molecule has 0 N–H and O–H groups in total. The Morgan fingerprint density at radius 2 is 2.00 bits per heavy atom. The fourth-order valence-corrected chi connectivity index (χ4v) is 3.04. The molecule has 0 saturated heterocycles. The number of ether oxygens (including phenoxy) is 1. The molecule has 0 aliphatic heterocycles. The van der Waals surface area contributed by atoms with Crippen LogP contribution < -0.4 is 4.74 Å². The average Bonchev–Trinajstić information content (AvgIpc) is 2.75. The maximum Gasteiger partial charge on any atom is 0.261 e. The Hall–Kier alpha value is -1.60. The van der Waals surface area contributed by atoms with Crippen molar-refractivity contribution in [3.8, 4) is 5.75 Å². The molecule has 1 aromatic heterocycles. The first-order valence-corrected chi connectivity index (χ1v) is 8.12. The molecule has 2 rings (SSSR count). The highest BCUT2D eigenvalue weighted by Gasteiger charge is 2.17. The summed E-state index contributed by atoms with van der Waals surface area (Å²) in [7, 11) is 3.40. The van der Waals surface area contributed by atoms with Crippen molar-refractivity contribution in [2.75, 3.05) is 0 Å². The molecular formula is C12H14ClN3O3S. The number of hydrogen-bond acceptors (Lipinski definition) is 5. The van der Waals surface area contributed by atoms with E-state index < -0.39 is 9.05 Å². The zero-order valence-electron chi connectivity index (χ0n) is 11.3. The number of aromatic nitrogens is 3. The predicted octanol–water partition coefficient (Wildman–Crippen LogP) is 1.94. The molecule has 0 unspecified atom stereocenters. The summed E-state index contributed by atoms with van der Waals surface area (Å²) in [4.78, 5) is 4.15. The third kappa shape index (κ3) is 2.94. The summed E-state index contributed by atoms with van der Waals surface area (Å²) >= 11 is 0. The van der Waals surface area contributed by atoms with Gasteiger partial charge in [-0.05, 0) is 37.1 Å². The first-order valence-electron chi connectivity index (χ1n) is 5.81. The minimum atomic E-state index is -3.75. The van der Waals surface area contributed by atoms with Crippen LogP contribution in [-0.2, 0) is 22.7 Å². The lowest BCUT2D eigenvalue weighted by atomic mass is 10.1. The van der Waals surface area contributed by atoms with Crippen molar-refractivity contribution < 1.29 is 13.2 Å². The molecule has 1 aromatic carbocycles. The molecule has 0 spiro atoms. The van der Waals surface area contributed by atoms with Gasteiger partial charge >= 0.3 is 0 Å². The molecule has 8 heteroatoms. The van der Waals surface area contributed by atoms with Crippen LogP contribution >= 0.6 is 10.7 Å². The average molecular weight is 316 g/mol. The van der Waals surface area contributed by atoms with Crippen LogP contribution in [0.25, 0.3) is 0 Å². The number of nitrogens with zero attached hydrogens (tertiary/aromatic N) is 3. The Balaban J connectivity index is 2.27.